The van der Waals surface area contributed by atoms with Crippen LogP contribution < -0.4 is 9.47 Å². The summed E-state index contributed by atoms with van der Waals surface area (Å²) in [6, 6.07) is 23.7. The van der Waals surface area contributed by atoms with Crippen molar-refractivity contribution in [1.29, 1.82) is 0 Å². The van der Waals surface area contributed by atoms with Crippen molar-refractivity contribution in [2.45, 2.75) is 6.61 Å². The molecule has 0 amide bonds. The summed E-state index contributed by atoms with van der Waals surface area (Å²) in [6.07, 6.45) is 9.73. The summed E-state index contributed by atoms with van der Waals surface area (Å²) in [5.74, 6) is 1.46. The van der Waals surface area contributed by atoms with E-state index in [0.717, 1.165) is 39.7 Å². The first-order valence-corrected chi connectivity index (χ1v) is 9.97. The number of benzene rings is 2. The van der Waals surface area contributed by atoms with E-state index in [1.54, 1.807) is 13.3 Å². The Balaban J connectivity index is 1.41. The fourth-order valence-corrected chi connectivity index (χ4v) is 3.01. The molecule has 31 heavy (non-hydrogen) atoms. The molecule has 0 spiro atoms. The first kappa shape index (κ1) is 20.2. The topological polar surface area (TPSA) is 60.0 Å². The molecule has 2 aromatic carbocycles. The number of pyridine rings is 1. The summed E-state index contributed by atoms with van der Waals surface area (Å²) >= 11 is 0. The average molecular weight is 409 g/mol. The molecule has 0 fully saturated rings. The first-order chi connectivity index (χ1) is 15.3. The Morgan fingerprint density at radius 3 is 2.55 bits per heavy atom. The van der Waals surface area contributed by atoms with E-state index in [1.165, 1.54) is 0 Å². The second-order valence-electron chi connectivity index (χ2n) is 6.84. The Bertz CT molecular complexity index is 1170. The second-order valence-corrected chi connectivity index (χ2v) is 6.84. The van der Waals surface area contributed by atoms with Gasteiger partial charge in [0.25, 0.3) is 0 Å². The van der Waals surface area contributed by atoms with Crippen molar-refractivity contribution in [3.05, 3.63) is 107 Å². The highest BCUT2D eigenvalue weighted by molar-refractivity contribution is 5.74. The zero-order chi connectivity index (χ0) is 21.3. The summed E-state index contributed by atoms with van der Waals surface area (Å²) < 4.78 is 11.4. The van der Waals surface area contributed by atoms with Gasteiger partial charge in [-0.3, -0.25) is 10.1 Å². The van der Waals surface area contributed by atoms with Gasteiger partial charge in [-0.25, -0.2) is 0 Å². The molecule has 0 radical (unpaired) electrons. The van der Waals surface area contributed by atoms with Crippen molar-refractivity contribution in [3.63, 3.8) is 0 Å². The average Bonchev–Trinajstić information content (AvgIpc) is 3.29. The van der Waals surface area contributed by atoms with Gasteiger partial charge in [-0.1, -0.05) is 42.5 Å². The van der Waals surface area contributed by atoms with Crippen LogP contribution in [0.5, 0.6) is 11.5 Å². The molecule has 1 N–H and O–H groups in total. The van der Waals surface area contributed by atoms with Crippen LogP contribution in [-0.2, 0) is 6.61 Å². The van der Waals surface area contributed by atoms with E-state index in [4.69, 9.17) is 9.47 Å². The number of aromatic nitrogens is 3. The summed E-state index contributed by atoms with van der Waals surface area (Å²) in [6.45, 7) is 0.408. The standard InChI is InChI=1S/C26H23N3O2/c1-30-26-18-25(31-19-24-9-5-6-16-27-24)15-12-21(26)11-14-23-17-22(28-29-23)13-10-20-7-3-2-4-8-20/h2-18H,19H2,1H3,(H,28,29)/b13-10+,14-11+. The smallest absolute Gasteiger partial charge is 0.130 e. The fraction of sp³-hybridized carbons (Fsp3) is 0.0769. The van der Waals surface area contributed by atoms with E-state index in [0.29, 0.717) is 6.61 Å². The molecule has 2 aromatic heterocycles. The van der Waals surface area contributed by atoms with Gasteiger partial charge >= 0.3 is 0 Å². The van der Waals surface area contributed by atoms with Crippen LogP contribution in [0.3, 0.4) is 0 Å². The predicted octanol–water partition coefficient (Wildman–Crippen LogP) is 5.73. The maximum absolute atomic E-state index is 5.83. The molecule has 2 heterocycles. The van der Waals surface area contributed by atoms with Crippen LogP contribution >= 0.6 is 0 Å². The van der Waals surface area contributed by atoms with Gasteiger partial charge in [0, 0.05) is 17.8 Å². The molecule has 0 saturated carbocycles. The predicted molar refractivity (Wildman–Crippen MR) is 124 cm³/mol. The minimum atomic E-state index is 0.408. The summed E-state index contributed by atoms with van der Waals surface area (Å²) in [5.41, 5.74) is 4.74. The highest BCUT2D eigenvalue weighted by Crippen LogP contribution is 2.27. The molecule has 0 unspecified atom stereocenters. The van der Waals surface area contributed by atoms with E-state index >= 15 is 0 Å². The van der Waals surface area contributed by atoms with E-state index in [2.05, 4.69) is 27.3 Å². The largest absolute Gasteiger partial charge is 0.496 e. The molecule has 0 aliphatic heterocycles. The molecular formula is C26H23N3O2. The van der Waals surface area contributed by atoms with E-state index in [1.807, 2.05) is 85.0 Å². The lowest BCUT2D eigenvalue weighted by Crippen LogP contribution is -1.98. The van der Waals surface area contributed by atoms with Crippen molar-refractivity contribution in [3.8, 4) is 11.5 Å². The lowest BCUT2D eigenvalue weighted by molar-refractivity contribution is 0.299. The SMILES string of the molecule is COc1cc(OCc2ccccn2)ccc1/C=C/c1cc(/C=C/c2ccccc2)[nH]n1. The Morgan fingerprint density at radius 2 is 1.74 bits per heavy atom. The lowest BCUT2D eigenvalue weighted by Gasteiger charge is -2.09. The van der Waals surface area contributed by atoms with Crippen LogP contribution in [-0.4, -0.2) is 22.3 Å². The minimum absolute atomic E-state index is 0.408. The number of H-pyrrole nitrogens is 1. The van der Waals surface area contributed by atoms with Crippen LogP contribution in [0, 0.1) is 0 Å². The van der Waals surface area contributed by atoms with Gasteiger partial charge in [-0.15, -0.1) is 0 Å². The van der Waals surface area contributed by atoms with Gasteiger partial charge in [0.15, 0.2) is 0 Å². The van der Waals surface area contributed by atoms with Crippen LogP contribution in [0.2, 0.25) is 0 Å². The summed E-state index contributed by atoms with van der Waals surface area (Å²) in [4.78, 5) is 4.27. The summed E-state index contributed by atoms with van der Waals surface area (Å²) in [7, 11) is 1.65. The number of nitrogens with one attached hydrogen (secondary N) is 1. The minimum Gasteiger partial charge on any atom is -0.496 e. The lowest BCUT2D eigenvalue weighted by atomic mass is 10.1. The van der Waals surface area contributed by atoms with Gasteiger partial charge in [0.05, 0.1) is 24.2 Å². The zero-order valence-electron chi connectivity index (χ0n) is 17.2. The quantitative estimate of drug-likeness (QED) is 0.404. The molecule has 5 heteroatoms. The Hall–Kier alpha value is -4.12. The van der Waals surface area contributed by atoms with Crippen molar-refractivity contribution in [1.82, 2.24) is 15.2 Å². The molecule has 4 aromatic rings. The second kappa shape index (κ2) is 10.1. The maximum Gasteiger partial charge on any atom is 0.130 e. The third-order valence-electron chi connectivity index (χ3n) is 4.62. The Morgan fingerprint density at radius 1 is 0.871 bits per heavy atom. The monoisotopic (exact) mass is 409 g/mol. The van der Waals surface area contributed by atoms with Crippen LogP contribution in [0.15, 0.2) is 79.0 Å². The van der Waals surface area contributed by atoms with E-state index in [-0.39, 0.29) is 0 Å². The molecule has 154 valence electrons. The number of hydrogen-bond donors (Lipinski definition) is 1. The third kappa shape index (κ3) is 5.70. The molecule has 5 nitrogen and oxygen atoms in total. The van der Waals surface area contributed by atoms with E-state index < -0.39 is 0 Å². The molecule has 0 atom stereocenters. The number of rotatable bonds is 8. The molecule has 0 aliphatic rings. The highest BCUT2D eigenvalue weighted by Gasteiger charge is 2.04. The van der Waals surface area contributed by atoms with Crippen LogP contribution in [0.25, 0.3) is 24.3 Å². The number of methoxy groups -OCH3 is 1. The van der Waals surface area contributed by atoms with Crippen LogP contribution in [0.4, 0.5) is 0 Å². The number of nitrogens with zero attached hydrogens (tertiary/aromatic N) is 2. The first-order valence-electron chi connectivity index (χ1n) is 9.97. The Kier molecular flexibility index (Phi) is 6.55. The van der Waals surface area contributed by atoms with Crippen molar-refractivity contribution in [2.24, 2.45) is 0 Å². The maximum atomic E-state index is 5.83. The molecular weight excluding hydrogens is 386 g/mol. The fourth-order valence-electron chi connectivity index (χ4n) is 3.01. The normalized spacial score (nSPS) is 11.3. The summed E-state index contributed by atoms with van der Waals surface area (Å²) in [5, 5.41) is 7.38. The number of aromatic amines is 1. The third-order valence-corrected chi connectivity index (χ3v) is 4.62. The van der Waals surface area contributed by atoms with Gasteiger partial charge < -0.3 is 9.47 Å². The van der Waals surface area contributed by atoms with Gasteiger partial charge in [0.2, 0.25) is 0 Å². The molecule has 0 bridgehead atoms. The molecule has 0 saturated heterocycles. The molecule has 0 aliphatic carbocycles. The number of ether oxygens (including phenoxy) is 2. The van der Waals surface area contributed by atoms with Crippen molar-refractivity contribution < 1.29 is 9.47 Å². The van der Waals surface area contributed by atoms with Gasteiger partial charge in [0.1, 0.15) is 18.1 Å². The van der Waals surface area contributed by atoms with Gasteiger partial charge in [-0.05, 0) is 54.1 Å². The Labute approximate surface area is 181 Å². The number of hydrogen-bond acceptors (Lipinski definition) is 4. The van der Waals surface area contributed by atoms with Crippen LogP contribution in [0.1, 0.15) is 28.2 Å². The van der Waals surface area contributed by atoms with Gasteiger partial charge in [-0.2, -0.15) is 5.10 Å². The van der Waals surface area contributed by atoms with Crippen molar-refractivity contribution in [2.75, 3.05) is 7.11 Å². The van der Waals surface area contributed by atoms with E-state index in [9.17, 15) is 0 Å². The molecule has 4 rings (SSSR count). The highest BCUT2D eigenvalue weighted by atomic mass is 16.5. The zero-order valence-corrected chi connectivity index (χ0v) is 17.2. The van der Waals surface area contributed by atoms with Crippen molar-refractivity contribution >= 4 is 24.3 Å².